The molecule has 0 saturated carbocycles. The molecular weight excluding hydrogens is 194 g/mol. The quantitative estimate of drug-likeness (QED) is 0.754. The molecule has 82 valence electrons. The molecule has 0 unspecified atom stereocenters. The van der Waals surface area contributed by atoms with Crippen LogP contribution in [0.4, 0.5) is 0 Å². The third-order valence-corrected chi connectivity index (χ3v) is 2.07. The predicted octanol–water partition coefficient (Wildman–Crippen LogP) is 1.04. The summed E-state index contributed by atoms with van der Waals surface area (Å²) < 4.78 is 4.82. The van der Waals surface area contributed by atoms with Crippen LogP contribution in [0.25, 0.3) is 0 Å². The molecule has 0 aliphatic carbocycles. The van der Waals surface area contributed by atoms with Gasteiger partial charge in [0.05, 0.1) is 13.0 Å². The molecule has 1 rings (SSSR count). The van der Waals surface area contributed by atoms with Crippen molar-refractivity contribution in [1.29, 1.82) is 0 Å². The third kappa shape index (κ3) is 3.23. The molecule has 4 nitrogen and oxygen atoms in total. The van der Waals surface area contributed by atoms with Gasteiger partial charge in [0.1, 0.15) is 0 Å². The van der Waals surface area contributed by atoms with Gasteiger partial charge in [0.25, 0.3) is 5.56 Å². The topological polar surface area (TPSA) is 59.2 Å². The van der Waals surface area contributed by atoms with Crippen molar-refractivity contribution in [3.63, 3.8) is 0 Å². The van der Waals surface area contributed by atoms with Gasteiger partial charge in [-0.15, -0.1) is 0 Å². The number of carbonyl (C=O) groups excluding carboxylic acids is 1. The van der Waals surface area contributed by atoms with Crippen molar-refractivity contribution in [3.05, 3.63) is 33.7 Å². The molecule has 0 fully saturated rings. The highest BCUT2D eigenvalue weighted by Gasteiger charge is 2.05. The van der Waals surface area contributed by atoms with E-state index in [1.165, 1.54) is 0 Å². The third-order valence-electron chi connectivity index (χ3n) is 2.07. The molecule has 0 aliphatic rings. The predicted molar refractivity (Wildman–Crippen MR) is 56.8 cm³/mol. The molecule has 1 aromatic rings. The van der Waals surface area contributed by atoms with Crippen molar-refractivity contribution in [3.8, 4) is 0 Å². The molecule has 0 aliphatic heterocycles. The molecule has 0 radical (unpaired) electrons. The normalized spacial score (nSPS) is 10.0. The van der Waals surface area contributed by atoms with E-state index < -0.39 is 0 Å². The smallest absolute Gasteiger partial charge is 0.310 e. The maximum absolute atomic E-state index is 11.2. The van der Waals surface area contributed by atoms with Crippen molar-refractivity contribution < 1.29 is 9.53 Å². The highest BCUT2D eigenvalue weighted by atomic mass is 16.5. The number of esters is 1. The Morgan fingerprint density at radius 3 is 2.80 bits per heavy atom. The van der Waals surface area contributed by atoms with Crippen molar-refractivity contribution in [1.82, 2.24) is 4.98 Å². The Labute approximate surface area is 88.3 Å². The van der Waals surface area contributed by atoms with Gasteiger partial charge in [-0.1, -0.05) is 6.92 Å². The van der Waals surface area contributed by atoms with Gasteiger partial charge < -0.3 is 9.72 Å². The summed E-state index contributed by atoms with van der Waals surface area (Å²) in [5.41, 5.74) is 1.38. The Kier molecular flexibility index (Phi) is 4.09. The molecule has 4 heteroatoms. The maximum Gasteiger partial charge on any atom is 0.310 e. The van der Waals surface area contributed by atoms with Crippen LogP contribution in [0.15, 0.2) is 17.1 Å². The van der Waals surface area contributed by atoms with Gasteiger partial charge in [-0.3, -0.25) is 9.59 Å². The number of rotatable bonds is 4. The van der Waals surface area contributed by atoms with E-state index in [9.17, 15) is 9.59 Å². The number of H-pyrrole nitrogens is 1. The SMILES string of the molecule is CCOC(=O)Cc1c[nH]c(=O)c(CC)c1. The largest absolute Gasteiger partial charge is 0.466 e. The van der Waals surface area contributed by atoms with Crippen molar-refractivity contribution in [2.24, 2.45) is 0 Å². The highest BCUT2D eigenvalue weighted by Crippen LogP contribution is 2.01. The second-order valence-corrected chi connectivity index (χ2v) is 3.20. The molecule has 15 heavy (non-hydrogen) atoms. The fourth-order valence-electron chi connectivity index (χ4n) is 1.33. The van der Waals surface area contributed by atoms with Gasteiger partial charge >= 0.3 is 5.97 Å². The second kappa shape index (κ2) is 5.34. The van der Waals surface area contributed by atoms with Crippen LogP contribution in [0.3, 0.4) is 0 Å². The summed E-state index contributed by atoms with van der Waals surface area (Å²) in [5.74, 6) is -0.272. The Bertz CT molecular complexity index is 395. The molecule has 0 saturated heterocycles. The summed E-state index contributed by atoms with van der Waals surface area (Å²) in [7, 11) is 0. The zero-order chi connectivity index (χ0) is 11.3. The molecule has 1 heterocycles. The average Bonchev–Trinajstić information content (AvgIpc) is 2.21. The first kappa shape index (κ1) is 11.5. The fourth-order valence-corrected chi connectivity index (χ4v) is 1.33. The lowest BCUT2D eigenvalue weighted by Crippen LogP contribution is -2.14. The van der Waals surface area contributed by atoms with Crippen molar-refractivity contribution >= 4 is 5.97 Å². The number of aryl methyl sites for hydroxylation is 1. The first-order valence-electron chi connectivity index (χ1n) is 5.03. The molecule has 0 atom stereocenters. The summed E-state index contributed by atoms with van der Waals surface area (Å²) in [6.07, 6.45) is 2.42. The first-order chi connectivity index (χ1) is 7.17. The number of hydrogen-bond acceptors (Lipinski definition) is 3. The Morgan fingerprint density at radius 1 is 1.47 bits per heavy atom. The van der Waals surface area contributed by atoms with Crippen LogP contribution in [-0.4, -0.2) is 17.6 Å². The van der Waals surface area contributed by atoms with E-state index in [1.807, 2.05) is 6.92 Å². The van der Waals surface area contributed by atoms with Crippen LogP contribution in [0.5, 0.6) is 0 Å². The van der Waals surface area contributed by atoms with Crippen LogP contribution in [0, 0.1) is 0 Å². The lowest BCUT2D eigenvalue weighted by molar-refractivity contribution is -0.142. The van der Waals surface area contributed by atoms with E-state index in [2.05, 4.69) is 4.98 Å². The Hall–Kier alpha value is -1.58. The fraction of sp³-hybridized carbons (Fsp3) is 0.455. The minimum absolute atomic E-state index is 0.0925. The van der Waals surface area contributed by atoms with Crippen LogP contribution in [0.1, 0.15) is 25.0 Å². The first-order valence-corrected chi connectivity index (χ1v) is 5.03. The molecule has 0 spiro atoms. The number of carbonyl (C=O) groups is 1. The van der Waals surface area contributed by atoms with Crippen molar-refractivity contribution in [2.45, 2.75) is 26.7 Å². The summed E-state index contributed by atoms with van der Waals surface area (Å²) in [5, 5.41) is 0. The van der Waals surface area contributed by atoms with Crippen LogP contribution in [-0.2, 0) is 22.4 Å². The summed E-state index contributed by atoms with van der Waals surface area (Å²) in [4.78, 5) is 25.0. The van der Waals surface area contributed by atoms with Gasteiger partial charge in [0.15, 0.2) is 0 Å². The van der Waals surface area contributed by atoms with Gasteiger partial charge in [-0.2, -0.15) is 0 Å². The monoisotopic (exact) mass is 209 g/mol. The molecule has 0 aromatic carbocycles. The lowest BCUT2D eigenvalue weighted by Gasteiger charge is -2.03. The van der Waals surface area contributed by atoms with Gasteiger partial charge in [0.2, 0.25) is 0 Å². The molecule has 1 aromatic heterocycles. The van der Waals surface area contributed by atoms with E-state index in [1.54, 1.807) is 19.2 Å². The number of ether oxygens (including phenoxy) is 1. The Balaban J connectivity index is 2.78. The number of nitrogens with one attached hydrogen (secondary N) is 1. The van der Waals surface area contributed by atoms with Crippen LogP contribution in [0.2, 0.25) is 0 Å². The van der Waals surface area contributed by atoms with Gasteiger partial charge in [0, 0.05) is 11.8 Å². The summed E-state index contributed by atoms with van der Waals surface area (Å²) in [6.45, 7) is 4.05. The minimum atomic E-state index is -0.272. The van der Waals surface area contributed by atoms with Crippen LogP contribution >= 0.6 is 0 Å². The van der Waals surface area contributed by atoms with Crippen LogP contribution < -0.4 is 5.56 Å². The van der Waals surface area contributed by atoms with Gasteiger partial charge in [-0.05, 0) is 25.0 Å². The zero-order valence-corrected chi connectivity index (χ0v) is 9.00. The number of aromatic amines is 1. The number of pyridine rings is 1. The molecular formula is C11H15NO3. The number of aromatic nitrogens is 1. The Morgan fingerprint density at radius 2 is 2.20 bits per heavy atom. The highest BCUT2D eigenvalue weighted by molar-refractivity contribution is 5.72. The summed E-state index contributed by atoms with van der Waals surface area (Å²) >= 11 is 0. The number of hydrogen-bond donors (Lipinski definition) is 1. The van der Waals surface area contributed by atoms with E-state index in [-0.39, 0.29) is 17.9 Å². The van der Waals surface area contributed by atoms with E-state index >= 15 is 0 Å². The second-order valence-electron chi connectivity index (χ2n) is 3.20. The van der Waals surface area contributed by atoms with Crippen molar-refractivity contribution in [2.75, 3.05) is 6.61 Å². The average molecular weight is 209 g/mol. The molecule has 1 N–H and O–H groups in total. The van der Waals surface area contributed by atoms with E-state index in [0.717, 1.165) is 5.56 Å². The molecule has 0 bridgehead atoms. The molecule has 0 amide bonds. The zero-order valence-electron chi connectivity index (χ0n) is 9.00. The maximum atomic E-state index is 11.2. The van der Waals surface area contributed by atoms with E-state index in [4.69, 9.17) is 4.74 Å². The summed E-state index contributed by atoms with van der Waals surface area (Å²) in [6, 6.07) is 1.75. The minimum Gasteiger partial charge on any atom is -0.466 e. The van der Waals surface area contributed by atoms with E-state index in [0.29, 0.717) is 18.6 Å². The lowest BCUT2D eigenvalue weighted by atomic mass is 10.1. The standard InChI is InChI=1S/C11H15NO3/c1-3-9-5-8(7-12-11(9)14)6-10(13)15-4-2/h5,7H,3-4,6H2,1-2H3,(H,12,14). The van der Waals surface area contributed by atoms with Gasteiger partial charge in [-0.25, -0.2) is 0 Å².